The smallest absolute Gasteiger partial charge is 0.233 e. The van der Waals surface area contributed by atoms with E-state index in [1.54, 1.807) is 23.1 Å². The van der Waals surface area contributed by atoms with Gasteiger partial charge >= 0.3 is 0 Å². The number of amides is 1. The molecule has 7 heteroatoms. The lowest BCUT2D eigenvalue weighted by Crippen LogP contribution is -2.50. The standard InChI is InChI=1S/C21H23N3O2S2/c25-20(16-27-21-22-18-8-4-5-9-19(18)28-21)24-12-10-23(11-13-24)14-15-26-17-6-2-1-3-7-17/h1-9H,10-16H2. The quantitative estimate of drug-likeness (QED) is 0.554. The minimum absolute atomic E-state index is 0.199. The Hall–Kier alpha value is -2.09. The normalized spacial score (nSPS) is 15.1. The zero-order valence-electron chi connectivity index (χ0n) is 15.6. The molecule has 0 radical (unpaired) electrons. The van der Waals surface area contributed by atoms with Gasteiger partial charge in [-0.1, -0.05) is 42.1 Å². The highest BCUT2D eigenvalue weighted by Gasteiger charge is 2.21. The zero-order chi connectivity index (χ0) is 19.2. The predicted octanol–water partition coefficient (Wildman–Crippen LogP) is 3.61. The van der Waals surface area contributed by atoms with Gasteiger partial charge in [-0.15, -0.1) is 11.3 Å². The maximum Gasteiger partial charge on any atom is 0.233 e. The van der Waals surface area contributed by atoms with E-state index in [-0.39, 0.29) is 5.91 Å². The van der Waals surface area contributed by atoms with Crippen LogP contribution in [0.1, 0.15) is 0 Å². The minimum Gasteiger partial charge on any atom is -0.492 e. The van der Waals surface area contributed by atoms with Gasteiger partial charge in [0.05, 0.1) is 16.0 Å². The number of carbonyl (C=O) groups is 1. The van der Waals surface area contributed by atoms with Gasteiger partial charge in [-0.25, -0.2) is 4.98 Å². The fraction of sp³-hybridized carbons (Fsp3) is 0.333. The van der Waals surface area contributed by atoms with Crippen molar-refractivity contribution in [1.29, 1.82) is 0 Å². The molecule has 1 fully saturated rings. The van der Waals surface area contributed by atoms with Crippen molar-refractivity contribution < 1.29 is 9.53 Å². The number of carbonyl (C=O) groups excluding carboxylic acids is 1. The number of ether oxygens (including phenoxy) is 1. The van der Waals surface area contributed by atoms with Gasteiger partial charge < -0.3 is 9.64 Å². The van der Waals surface area contributed by atoms with Gasteiger partial charge in [0.2, 0.25) is 5.91 Å². The van der Waals surface area contributed by atoms with Gasteiger partial charge in [0.25, 0.3) is 0 Å². The number of thioether (sulfide) groups is 1. The van der Waals surface area contributed by atoms with Crippen LogP contribution in [0.15, 0.2) is 58.9 Å². The Morgan fingerprint density at radius 1 is 1.04 bits per heavy atom. The van der Waals surface area contributed by atoms with E-state index in [4.69, 9.17) is 4.74 Å². The molecular formula is C21H23N3O2S2. The minimum atomic E-state index is 0.199. The Kier molecular flexibility index (Phi) is 6.46. The number of benzene rings is 2. The molecule has 0 bridgehead atoms. The Balaban J connectivity index is 1.17. The number of piperazine rings is 1. The molecule has 1 aliphatic rings. The fourth-order valence-electron chi connectivity index (χ4n) is 3.16. The summed E-state index contributed by atoms with van der Waals surface area (Å²) < 4.78 is 7.90. The van der Waals surface area contributed by atoms with Crippen LogP contribution in [0.5, 0.6) is 5.75 Å². The number of hydrogen-bond acceptors (Lipinski definition) is 6. The number of para-hydroxylation sites is 2. The molecule has 2 heterocycles. The van der Waals surface area contributed by atoms with E-state index in [9.17, 15) is 4.79 Å². The number of rotatable bonds is 7. The number of nitrogens with zero attached hydrogens (tertiary/aromatic N) is 3. The highest BCUT2D eigenvalue weighted by atomic mass is 32.2. The van der Waals surface area contributed by atoms with Crippen LogP contribution in [0.2, 0.25) is 0 Å². The van der Waals surface area contributed by atoms with Gasteiger partial charge in [0.15, 0.2) is 4.34 Å². The van der Waals surface area contributed by atoms with E-state index in [0.717, 1.165) is 48.3 Å². The second kappa shape index (κ2) is 9.41. The van der Waals surface area contributed by atoms with Crippen LogP contribution in [0.25, 0.3) is 10.2 Å². The molecule has 4 rings (SSSR count). The third kappa shape index (κ3) is 5.04. The fourth-order valence-corrected chi connectivity index (χ4v) is 5.13. The van der Waals surface area contributed by atoms with Crippen LogP contribution in [-0.2, 0) is 4.79 Å². The van der Waals surface area contributed by atoms with Crippen molar-refractivity contribution in [2.24, 2.45) is 0 Å². The predicted molar refractivity (Wildman–Crippen MR) is 115 cm³/mol. The largest absolute Gasteiger partial charge is 0.492 e. The first-order valence-electron chi connectivity index (χ1n) is 9.44. The lowest BCUT2D eigenvalue weighted by Gasteiger charge is -2.34. The Morgan fingerprint density at radius 3 is 2.57 bits per heavy atom. The van der Waals surface area contributed by atoms with Crippen molar-refractivity contribution >= 4 is 39.2 Å². The average molecular weight is 414 g/mol. The van der Waals surface area contributed by atoms with E-state index in [1.807, 2.05) is 53.4 Å². The van der Waals surface area contributed by atoms with Crippen molar-refractivity contribution in [1.82, 2.24) is 14.8 Å². The number of aromatic nitrogens is 1. The third-order valence-corrected chi connectivity index (χ3v) is 6.90. The molecule has 1 saturated heterocycles. The molecule has 0 atom stereocenters. The maximum absolute atomic E-state index is 12.5. The first kappa shape index (κ1) is 19.2. The number of thiazole rings is 1. The Bertz CT molecular complexity index is 875. The summed E-state index contributed by atoms with van der Waals surface area (Å²) in [7, 11) is 0. The zero-order valence-corrected chi connectivity index (χ0v) is 17.3. The van der Waals surface area contributed by atoms with Gasteiger partial charge in [-0.05, 0) is 24.3 Å². The summed E-state index contributed by atoms with van der Waals surface area (Å²) in [6, 6.07) is 18.0. The maximum atomic E-state index is 12.5. The average Bonchev–Trinajstić information content (AvgIpc) is 3.16. The van der Waals surface area contributed by atoms with Crippen LogP contribution in [0, 0.1) is 0 Å². The van der Waals surface area contributed by atoms with Crippen LogP contribution in [0.4, 0.5) is 0 Å². The van der Waals surface area contributed by atoms with Crippen molar-refractivity contribution in [2.45, 2.75) is 4.34 Å². The summed E-state index contributed by atoms with van der Waals surface area (Å²) in [5, 5.41) is 0. The van der Waals surface area contributed by atoms with Crippen LogP contribution in [-0.4, -0.2) is 65.8 Å². The molecule has 0 aliphatic carbocycles. The van der Waals surface area contributed by atoms with Crippen molar-refractivity contribution in [3.05, 3.63) is 54.6 Å². The Labute approximate surface area is 173 Å². The SMILES string of the molecule is O=C(CSc1nc2ccccc2s1)N1CCN(CCOc2ccccc2)CC1. The first-order valence-corrected chi connectivity index (χ1v) is 11.2. The van der Waals surface area contributed by atoms with E-state index >= 15 is 0 Å². The van der Waals surface area contributed by atoms with Gasteiger partial charge in [-0.2, -0.15) is 0 Å². The molecule has 1 aliphatic heterocycles. The highest BCUT2D eigenvalue weighted by molar-refractivity contribution is 8.01. The molecule has 28 heavy (non-hydrogen) atoms. The summed E-state index contributed by atoms with van der Waals surface area (Å²) in [5.41, 5.74) is 1.01. The van der Waals surface area contributed by atoms with Gasteiger partial charge in [-0.3, -0.25) is 9.69 Å². The van der Waals surface area contributed by atoms with E-state index in [2.05, 4.69) is 16.0 Å². The van der Waals surface area contributed by atoms with Crippen LogP contribution in [0.3, 0.4) is 0 Å². The lowest BCUT2D eigenvalue weighted by molar-refractivity contribution is -0.130. The van der Waals surface area contributed by atoms with Crippen molar-refractivity contribution in [2.75, 3.05) is 45.1 Å². The number of fused-ring (bicyclic) bond motifs is 1. The molecule has 2 aromatic carbocycles. The topological polar surface area (TPSA) is 45.7 Å². The molecular weight excluding hydrogens is 390 g/mol. The molecule has 0 spiro atoms. The van der Waals surface area contributed by atoms with Crippen LogP contribution < -0.4 is 4.74 Å². The third-order valence-electron chi connectivity index (χ3n) is 4.74. The monoisotopic (exact) mass is 413 g/mol. The molecule has 3 aromatic rings. The molecule has 0 saturated carbocycles. The molecule has 0 unspecified atom stereocenters. The Morgan fingerprint density at radius 2 is 1.79 bits per heavy atom. The summed E-state index contributed by atoms with van der Waals surface area (Å²) in [4.78, 5) is 21.4. The van der Waals surface area contributed by atoms with E-state index < -0.39 is 0 Å². The summed E-state index contributed by atoms with van der Waals surface area (Å²) in [6.45, 7) is 4.92. The molecule has 1 aromatic heterocycles. The van der Waals surface area contributed by atoms with Crippen molar-refractivity contribution in [3.8, 4) is 5.75 Å². The second-order valence-electron chi connectivity index (χ2n) is 6.62. The van der Waals surface area contributed by atoms with Crippen LogP contribution >= 0.6 is 23.1 Å². The first-order chi connectivity index (χ1) is 13.8. The summed E-state index contributed by atoms with van der Waals surface area (Å²) in [6.07, 6.45) is 0. The molecule has 146 valence electrons. The van der Waals surface area contributed by atoms with E-state index in [0.29, 0.717) is 12.4 Å². The second-order valence-corrected chi connectivity index (χ2v) is 8.87. The highest BCUT2D eigenvalue weighted by Crippen LogP contribution is 2.29. The lowest BCUT2D eigenvalue weighted by atomic mass is 10.3. The molecule has 5 nitrogen and oxygen atoms in total. The summed E-state index contributed by atoms with van der Waals surface area (Å²) in [5.74, 6) is 1.56. The van der Waals surface area contributed by atoms with Gasteiger partial charge in [0.1, 0.15) is 12.4 Å². The van der Waals surface area contributed by atoms with Crippen molar-refractivity contribution in [3.63, 3.8) is 0 Å². The van der Waals surface area contributed by atoms with Gasteiger partial charge in [0, 0.05) is 32.7 Å². The summed E-state index contributed by atoms with van der Waals surface area (Å²) >= 11 is 3.20. The molecule has 0 N–H and O–H groups in total. The van der Waals surface area contributed by atoms with E-state index in [1.165, 1.54) is 4.70 Å². The molecule has 1 amide bonds. The number of hydrogen-bond donors (Lipinski definition) is 0.